The first kappa shape index (κ1) is 20.1. The van der Waals surface area contributed by atoms with Crippen LogP contribution in [-0.2, 0) is 21.2 Å². The number of nitrogens with zero attached hydrogens (tertiary/aromatic N) is 1. The molecule has 28 heavy (non-hydrogen) atoms. The molecular formula is C19H23N3O5S. The molecule has 3 N–H and O–H groups in total. The van der Waals surface area contributed by atoms with E-state index < -0.39 is 22.2 Å². The summed E-state index contributed by atoms with van der Waals surface area (Å²) in [6.07, 6.45) is -0.687. The second-order valence-electron chi connectivity index (χ2n) is 6.57. The number of anilines is 2. The van der Waals surface area contributed by atoms with E-state index >= 15 is 0 Å². The second kappa shape index (κ2) is 8.17. The Labute approximate surface area is 164 Å². The van der Waals surface area contributed by atoms with E-state index in [0.29, 0.717) is 11.3 Å². The van der Waals surface area contributed by atoms with Gasteiger partial charge in [-0.15, -0.1) is 0 Å². The summed E-state index contributed by atoms with van der Waals surface area (Å²) in [5.74, 6) is 0. The Balaban J connectivity index is 1.63. The number of likely N-dealkylation sites (N-methyl/N-ethyl adjacent to an activating group) is 1. The highest BCUT2D eigenvalue weighted by Gasteiger charge is 2.20. The van der Waals surface area contributed by atoms with Gasteiger partial charge in [-0.05, 0) is 47.9 Å². The highest BCUT2D eigenvalue weighted by molar-refractivity contribution is 7.89. The Kier molecular flexibility index (Phi) is 5.87. The highest BCUT2D eigenvalue weighted by Crippen LogP contribution is 2.29. The van der Waals surface area contributed by atoms with Crippen LogP contribution in [0.25, 0.3) is 0 Å². The molecule has 2 aromatic rings. The molecule has 8 nitrogen and oxygen atoms in total. The van der Waals surface area contributed by atoms with Crippen molar-refractivity contribution in [2.75, 3.05) is 37.5 Å². The summed E-state index contributed by atoms with van der Waals surface area (Å²) >= 11 is 0. The number of amides is 1. The van der Waals surface area contributed by atoms with Gasteiger partial charge in [-0.25, -0.2) is 17.9 Å². The predicted molar refractivity (Wildman–Crippen MR) is 106 cm³/mol. The fourth-order valence-electron chi connectivity index (χ4n) is 3.07. The summed E-state index contributed by atoms with van der Waals surface area (Å²) in [6, 6.07) is 11.3. The number of hydrogen-bond donors (Lipinski definition) is 3. The van der Waals surface area contributed by atoms with Crippen LogP contribution in [0.3, 0.4) is 0 Å². The molecule has 1 atom stereocenters. The number of benzene rings is 2. The van der Waals surface area contributed by atoms with Crippen molar-refractivity contribution < 1.29 is 23.1 Å². The molecule has 0 unspecified atom stereocenters. The zero-order valence-corrected chi connectivity index (χ0v) is 16.5. The molecule has 0 aromatic heterocycles. The Bertz CT molecular complexity index is 960. The molecule has 1 heterocycles. The number of ether oxygens (including phenoxy) is 1. The van der Waals surface area contributed by atoms with E-state index in [9.17, 15) is 18.3 Å². The highest BCUT2D eigenvalue weighted by atomic mass is 32.2. The summed E-state index contributed by atoms with van der Waals surface area (Å²) in [6.45, 7) is 0.793. The van der Waals surface area contributed by atoms with Crippen LogP contribution in [-0.4, -0.2) is 46.9 Å². The van der Waals surface area contributed by atoms with Crippen molar-refractivity contribution in [1.29, 1.82) is 0 Å². The Hall–Kier alpha value is -2.62. The van der Waals surface area contributed by atoms with Crippen molar-refractivity contribution in [3.63, 3.8) is 0 Å². The van der Waals surface area contributed by atoms with Gasteiger partial charge in [0.2, 0.25) is 10.0 Å². The van der Waals surface area contributed by atoms with E-state index in [-0.39, 0.29) is 11.4 Å². The Morgan fingerprint density at radius 3 is 2.64 bits per heavy atom. The molecule has 150 valence electrons. The first-order valence-electron chi connectivity index (χ1n) is 8.77. The number of nitrogens with one attached hydrogen (secondary N) is 2. The SMILES string of the molecule is COC(=O)Nc1ccc(S(=O)(=O)NC[C@@H](O)c2ccc3c(c2)CCN3C)cc1. The molecule has 0 spiro atoms. The Morgan fingerprint density at radius 1 is 1.25 bits per heavy atom. The van der Waals surface area contributed by atoms with Crippen molar-refractivity contribution in [3.8, 4) is 0 Å². The van der Waals surface area contributed by atoms with Crippen molar-refractivity contribution in [1.82, 2.24) is 4.72 Å². The van der Waals surface area contributed by atoms with Gasteiger partial charge < -0.3 is 14.7 Å². The van der Waals surface area contributed by atoms with E-state index in [4.69, 9.17) is 0 Å². The van der Waals surface area contributed by atoms with Crippen molar-refractivity contribution in [2.24, 2.45) is 0 Å². The lowest BCUT2D eigenvalue weighted by atomic mass is 10.0. The zero-order chi connectivity index (χ0) is 20.3. The van der Waals surface area contributed by atoms with E-state index in [0.717, 1.165) is 24.2 Å². The number of aliphatic hydroxyl groups excluding tert-OH is 1. The number of carbonyl (C=O) groups excluding carboxylic acids is 1. The zero-order valence-electron chi connectivity index (χ0n) is 15.7. The third-order valence-corrected chi connectivity index (χ3v) is 6.12. The van der Waals surface area contributed by atoms with Crippen LogP contribution in [0.1, 0.15) is 17.2 Å². The molecule has 0 bridgehead atoms. The van der Waals surface area contributed by atoms with Crippen LogP contribution < -0.4 is 14.9 Å². The van der Waals surface area contributed by atoms with Gasteiger partial charge in [0.1, 0.15) is 0 Å². The van der Waals surface area contributed by atoms with E-state index in [1.165, 1.54) is 31.4 Å². The number of fused-ring (bicyclic) bond motifs is 1. The molecule has 1 aliphatic rings. The van der Waals surface area contributed by atoms with Crippen LogP contribution >= 0.6 is 0 Å². The maximum atomic E-state index is 12.4. The summed E-state index contributed by atoms with van der Waals surface area (Å²) in [5.41, 5.74) is 3.37. The molecule has 0 fully saturated rings. The minimum absolute atomic E-state index is 0.0330. The first-order valence-corrected chi connectivity index (χ1v) is 10.2. The average molecular weight is 405 g/mol. The molecule has 1 aliphatic heterocycles. The van der Waals surface area contributed by atoms with Gasteiger partial charge in [-0.1, -0.05) is 12.1 Å². The molecule has 1 amide bonds. The molecule has 2 aromatic carbocycles. The first-order chi connectivity index (χ1) is 13.3. The number of aliphatic hydroxyl groups is 1. The van der Waals surface area contributed by atoms with Crippen LogP contribution in [0.5, 0.6) is 0 Å². The fourth-order valence-corrected chi connectivity index (χ4v) is 4.11. The Morgan fingerprint density at radius 2 is 1.96 bits per heavy atom. The lowest BCUT2D eigenvalue weighted by molar-refractivity contribution is 0.182. The lowest BCUT2D eigenvalue weighted by Crippen LogP contribution is -2.28. The number of methoxy groups -OCH3 is 1. The maximum absolute atomic E-state index is 12.4. The summed E-state index contributed by atoms with van der Waals surface area (Å²) in [4.78, 5) is 13.3. The number of rotatable bonds is 6. The largest absolute Gasteiger partial charge is 0.453 e. The summed E-state index contributed by atoms with van der Waals surface area (Å²) in [7, 11) is -0.542. The molecule has 0 saturated carbocycles. The van der Waals surface area contributed by atoms with Crippen LogP contribution in [0.15, 0.2) is 47.4 Å². The normalized spacial score (nSPS) is 14.5. The molecule has 0 saturated heterocycles. The van der Waals surface area contributed by atoms with Crippen molar-refractivity contribution >= 4 is 27.5 Å². The lowest BCUT2D eigenvalue weighted by Gasteiger charge is -2.16. The summed E-state index contributed by atoms with van der Waals surface area (Å²) < 4.78 is 31.8. The number of sulfonamides is 1. The minimum atomic E-state index is -3.80. The van der Waals surface area contributed by atoms with Crippen LogP contribution in [0.4, 0.5) is 16.2 Å². The fraction of sp³-hybridized carbons (Fsp3) is 0.316. The standard InChI is InChI=1S/C19H23N3O5S/c1-22-10-9-13-11-14(3-8-17(13)22)18(23)12-20-28(25,26)16-6-4-15(5-7-16)21-19(24)27-2/h3-8,11,18,20,23H,9-10,12H2,1-2H3,(H,21,24)/t18-/m1/s1. The molecule has 0 radical (unpaired) electrons. The second-order valence-corrected chi connectivity index (χ2v) is 8.34. The van der Waals surface area contributed by atoms with Gasteiger partial charge in [-0.2, -0.15) is 0 Å². The minimum Gasteiger partial charge on any atom is -0.453 e. The van der Waals surface area contributed by atoms with E-state index in [1.807, 2.05) is 25.2 Å². The van der Waals surface area contributed by atoms with Crippen molar-refractivity contribution in [2.45, 2.75) is 17.4 Å². The third-order valence-electron chi connectivity index (χ3n) is 4.68. The maximum Gasteiger partial charge on any atom is 0.411 e. The third kappa shape index (κ3) is 4.44. The van der Waals surface area contributed by atoms with Gasteiger partial charge in [0, 0.05) is 31.5 Å². The molecule has 3 rings (SSSR count). The molecular weight excluding hydrogens is 382 g/mol. The van der Waals surface area contributed by atoms with Crippen molar-refractivity contribution in [3.05, 3.63) is 53.6 Å². The molecule has 9 heteroatoms. The average Bonchev–Trinajstić information content (AvgIpc) is 3.06. The van der Waals surface area contributed by atoms with Gasteiger partial charge in [-0.3, -0.25) is 5.32 Å². The smallest absolute Gasteiger partial charge is 0.411 e. The monoisotopic (exact) mass is 405 g/mol. The van der Waals surface area contributed by atoms with E-state index in [1.54, 1.807) is 0 Å². The predicted octanol–water partition coefficient (Wildman–Crippen LogP) is 1.87. The van der Waals surface area contributed by atoms with Crippen LogP contribution in [0.2, 0.25) is 0 Å². The topological polar surface area (TPSA) is 108 Å². The van der Waals surface area contributed by atoms with Gasteiger partial charge in [0.05, 0.1) is 18.1 Å². The number of carbonyl (C=O) groups is 1. The van der Waals surface area contributed by atoms with E-state index in [2.05, 4.69) is 19.7 Å². The molecule has 0 aliphatic carbocycles. The summed E-state index contributed by atoms with van der Waals surface area (Å²) in [5, 5.41) is 12.8. The van der Waals surface area contributed by atoms with Crippen LogP contribution in [0, 0.1) is 0 Å². The quantitative estimate of drug-likeness (QED) is 0.677. The van der Waals surface area contributed by atoms with Gasteiger partial charge in [0.15, 0.2) is 0 Å². The van der Waals surface area contributed by atoms with Gasteiger partial charge >= 0.3 is 6.09 Å². The number of hydrogen-bond acceptors (Lipinski definition) is 6. The van der Waals surface area contributed by atoms with Gasteiger partial charge in [0.25, 0.3) is 0 Å².